The maximum absolute atomic E-state index is 2.20. The van der Waals surface area contributed by atoms with Crippen molar-refractivity contribution < 1.29 is 0 Å². The van der Waals surface area contributed by atoms with E-state index in [9.17, 15) is 0 Å². The van der Waals surface area contributed by atoms with Gasteiger partial charge < -0.3 is 0 Å². The van der Waals surface area contributed by atoms with Gasteiger partial charge in [0.05, 0.1) is 0 Å². The molecule has 0 aliphatic rings. The molecule has 0 amide bonds. The Morgan fingerprint density at radius 1 is 0.389 bits per heavy atom. The van der Waals surface area contributed by atoms with Crippen molar-refractivity contribution in [2.45, 2.75) is 13.8 Å². The van der Waals surface area contributed by atoms with Gasteiger partial charge in [0.2, 0.25) is 0 Å². The summed E-state index contributed by atoms with van der Waals surface area (Å²) in [6, 6.07) is 52.7. The fourth-order valence-corrected chi connectivity index (χ4v) is 4.38. The lowest BCUT2D eigenvalue weighted by atomic mass is 9.90. The Morgan fingerprint density at radius 3 is 0.972 bits per heavy atom. The Bertz CT molecular complexity index is 1300. The first-order chi connectivity index (χ1) is 17.8. The molecule has 0 radical (unpaired) electrons. The standard InChI is InChI=1S/C21H18.C15H14/c1-17(18-11-5-2-6-12-18)21(19-13-7-3-8-14-19)20-15-9-4-10-16-20;1-2-15(13-9-5-3-6-10-13)14-11-7-4-8-12-14/h2-16H,1H3;2-12H,1H3. The molecular formula is C36H32. The van der Waals surface area contributed by atoms with Crippen LogP contribution in [0.15, 0.2) is 158 Å². The predicted molar refractivity (Wildman–Crippen MR) is 157 cm³/mol. The lowest BCUT2D eigenvalue weighted by Crippen LogP contribution is -1.92. The summed E-state index contributed by atoms with van der Waals surface area (Å²) < 4.78 is 0. The molecule has 0 nitrogen and oxygen atoms in total. The molecule has 0 heterocycles. The predicted octanol–water partition coefficient (Wildman–Crippen LogP) is 9.80. The lowest BCUT2D eigenvalue weighted by molar-refractivity contribution is 1.51. The molecule has 0 aliphatic carbocycles. The molecule has 5 aromatic rings. The first-order valence-electron chi connectivity index (χ1n) is 12.4. The minimum atomic E-state index is 1.25. The maximum atomic E-state index is 2.20. The van der Waals surface area contributed by atoms with Crippen molar-refractivity contribution >= 4 is 16.7 Å². The number of allylic oxidation sites excluding steroid dienone is 2. The summed E-state index contributed by atoms with van der Waals surface area (Å²) in [6.07, 6.45) is 2.16. The lowest BCUT2D eigenvalue weighted by Gasteiger charge is -2.14. The molecule has 0 saturated heterocycles. The Balaban J connectivity index is 0.000000179. The summed E-state index contributed by atoms with van der Waals surface area (Å²) in [6.45, 7) is 4.28. The minimum absolute atomic E-state index is 1.25. The minimum Gasteiger partial charge on any atom is -0.0792 e. The molecule has 0 fully saturated rings. The van der Waals surface area contributed by atoms with Crippen molar-refractivity contribution in [3.05, 3.63) is 186 Å². The number of hydrogen-bond acceptors (Lipinski definition) is 0. The van der Waals surface area contributed by atoms with Crippen molar-refractivity contribution in [3.63, 3.8) is 0 Å². The quantitative estimate of drug-likeness (QED) is 0.227. The fraction of sp³-hybridized carbons (Fsp3) is 0.0556. The van der Waals surface area contributed by atoms with Gasteiger partial charge in [-0.25, -0.2) is 0 Å². The highest BCUT2D eigenvalue weighted by molar-refractivity contribution is 5.97. The summed E-state index contributed by atoms with van der Waals surface area (Å²) in [5.74, 6) is 0. The van der Waals surface area contributed by atoms with E-state index in [4.69, 9.17) is 0 Å². The molecule has 5 aromatic carbocycles. The smallest absolute Gasteiger partial charge is 0.00762 e. The molecule has 36 heavy (non-hydrogen) atoms. The third kappa shape index (κ3) is 6.37. The van der Waals surface area contributed by atoms with Crippen LogP contribution in [-0.2, 0) is 0 Å². The molecule has 0 N–H and O–H groups in total. The summed E-state index contributed by atoms with van der Waals surface area (Å²) >= 11 is 0. The third-order valence-corrected chi connectivity index (χ3v) is 6.16. The monoisotopic (exact) mass is 464 g/mol. The molecular weight excluding hydrogens is 432 g/mol. The van der Waals surface area contributed by atoms with Crippen LogP contribution in [0.2, 0.25) is 0 Å². The largest absolute Gasteiger partial charge is 0.0792 e. The maximum Gasteiger partial charge on any atom is -0.00762 e. The van der Waals surface area contributed by atoms with Crippen LogP contribution in [0.5, 0.6) is 0 Å². The van der Waals surface area contributed by atoms with E-state index in [1.807, 2.05) is 12.1 Å². The zero-order valence-corrected chi connectivity index (χ0v) is 21.0. The zero-order chi connectivity index (χ0) is 25.0. The SMILES string of the molecule is CC(=C(c1ccccc1)c1ccccc1)c1ccccc1.CC=C(c1ccccc1)c1ccccc1. The molecule has 5 rings (SSSR count). The van der Waals surface area contributed by atoms with Gasteiger partial charge in [-0.3, -0.25) is 0 Å². The average Bonchev–Trinajstić information content (AvgIpc) is 2.97. The van der Waals surface area contributed by atoms with Gasteiger partial charge in [-0.05, 0) is 58.4 Å². The Hall–Kier alpha value is -4.42. The van der Waals surface area contributed by atoms with E-state index in [1.165, 1.54) is 44.5 Å². The number of hydrogen-bond donors (Lipinski definition) is 0. The Kier molecular flexibility index (Phi) is 8.84. The average molecular weight is 465 g/mol. The van der Waals surface area contributed by atoms with Crippen LogP contribution in [-0.4, -0.2) is 0 Å². The van der Waals surface area contributed by atoms with Crippen LogP contribution in [0.3, 0.4) is 0 Å². The van der Waals surface area contributed by atoms with Crippen molar-refractivity contribution in [2.75, 3.05) is 0 Å². The molecule has 0 aromatic heterocycles. The van der Waals surface area contributed by atoms with Crippen LogP contribution in [0.25, 0.3) is 16.7 Å². The second-order valence-corrected chi connectivity index (χ2v) is 8.53. The number of rotatable bonds is 5. The molecule has 0 spiro atoms. The van der Waals surface area contributed by atoms with Gasteiger partial charge >= 0.3 is 0 Å². The first kappa shape index (κ1) is 24.7. The molecule has 176 valence electrons. The van der Waals surface area contributed by atoms with Crippen molar-refractivity contribution in [1.82, 2.24) is 0 Å². The molecule has 0 unspecified atom stereocenters. The van der Waals surface area contributed by atoms with Crippen LogP contribution in [0.1, 0.15) is 41.7 Å². The topological polar surface area (TPSA) is 0 Å². The van der Waals surface area contributed by atoms with E-state index >= 15 is 0 Å². The fourth-order valence-electron chi connectivity index (χ4n) is 4.38. The van der Waals surface area contributed by atoms with Crippen molar-refractivity contribution in [1.29, 1.82) is 0 Å². The summed E-state index contributed by atoms with van der Waals surface area (Å²) in [5.41, 5.74) is 10.2. The molecule has 0 heteroatoms. The highest BCUT2D eigenvalue weighted by Gasteiger charge is 2.09. The van der Waals surface area contributed by atoms with Gasteiger partial charge in [0.1, 0.15) is 0 Å². The molecule has 0 aliphatic heterocycles. The normalized spacial score (nSPS) is 9.94. The molecule has 0 bridgehead atoms. The third-order valence-electron chi connectivity index (χ3n) is 6.16. The Morgan fingerprint density at radius 2 is 0.667 bits per heavy atom. The van der Waals surface area contributed by atoms with Crippen molar-refractivity contribution in [2.24, 2.45) is 0 Å². The van der Waals surface area contributed by atoms with Gasteiger partial charge in [-0.1, -0.05) is 158 Å². The van der Waals surface area contributed by atoms with Gasteiger partial charge in [-0.2, -0.15) is 0 Å². The summed E-state index contributed by atoms with van der Waals surface area (Å²) in [7, 11) is 0. The molecule has 0 saturated carbocycles. The highest BCUT2D eigenvalue weighted by atomic mass is 14.1. The summed E-state index contributed by atoms with van der Waals surface area (Å²) in [5, 5.41) is 0. The molecule has 0 atom stereocenters. The Labute approximate surface area is 215 Å². The highest BCUT2D eigenvalue weighted by Crippen LogP contribution is 2.31. The second kappa shape index (κ2) is 12.9. The van der Waals surface area contributed by atoms with Gasteiger partial charge in [-0.15, -0.1) is 0 Å². The van der Waals surface area contributed by atoms with E-state index < -0.39 is 0 Å². The van der Waals surface area contributed by atoms with Crippen LogP contribution < -0.4 is 0 Å². The van der Waals surface area contributed by atoms with E-state index in [2.05, 4.69) is 159 Å². The van der Waals surface area contributed by atoms with E-state index in [1.54, 1.807) is 0 Å². The van der Waals surface area contributed by atoms with Crippen LogP contribution in [0.4, 0.5) is 0 Å². The second-order valence-electron chi connectivity index (χ2n) is 8.53. The summed E-state index contributed by atoms with van der Waals surface area (Å²) in [4.78, 5) is 0. The van der Waals surface area contributed by atoms with E-state index in [-0.39, 0.29) is 0 Å². The van der Waals surface area contributed by atoms with Crippen LogP contribution in [0, 0.1) is 0 Å². The van der Waals surface area contributed by atoms with E-state index in [0.29, 0.717) is 0 Å². The van der Waals surface area contributed by atoms with Gasteiger partial charge in [0.25, 0.3) is 0 Å². The number of benzene rings is 5. The van der Waals surface area contributed by atoms with Gasteiger partial charge in [0, 0.05) is 0 Å². The van der Waals surface area contributed by atoms with Crippen molar-refractivity contribution in [3.8, 4) is 0 Å². The zero-order valence-electron chi connectivity index (χ0n) is 21.0. The van der Waals surface area contributed by atoms with E-state index in [0.717, 1.165) is 0 Å². The first-order valence-corrected chi connectivity index (χ1v) is 12.4. The van der Waals surface area contributed by atoms with Crippen LogP contribution >= 0.6 is 0 Å². The van der Waals surface area contributed by atoms with Gasteiger partial charge in [0.15, 0.2) is 0 Å².